The normalized spacial score (nSPS) is 17.4. The highest BCUT2D eigenvalue weighted by Crippen LogP contribution is 2.31. The van der Waals surface area contributed by atoms with Gasteiger partial charge in [0.2, 0.25) is 5.91 Å². The van der Waals surface area contributed by atoms with Crippen LogP contribution < -0.4 is 10.1 Å². The Morgan fingerprint density at radius 1 is 1.35 bits per heavy atom. The monoisotopic (exact) mass is 325 g/mol. The number of aryl methyl sites for hydroxylation is 1. The quantitative estimate of drug-likeness (QED) is 0.911. The molecule has 0 aliphatic heterocycles. The number of hydrogen-bond donors (Lipinski definition) is 2. The van der Waals surface area contributed by atoms with E-state index in [-0.39, 0.29) is 17.5 Å². The summed E-state index contributed by atoms with van der Waals surface area (Å²) >= 11 is 0. The van der Waals surface area contributed by atoms with E-state index in [2.05, 4.69) is 20.0 Å². The lowest BCUT2D eigenvalue weighted by atomic mass is 9.89. The first kappa shape index (κ1) is 15.4. The summed E-state index contributed by atoms with van der Waals surface area (Å²) in [6, 6.07) is 5.49. The van der Waals surface area contributed by atoms with Crippen LogP contribution in [-0.2, 0) is 17.6 Å². The lowest BCUT2D eigenvalue weighted by Crippen LogP contribution is -2.28. The van der Waals surface area contributed by atoms with E-state index in [9.17, 15) is 18.0 Å². The number of halogens is 3. The molecule has 122 valence electrons. The molecule has 1 heterocycles. The summed E-state index contributed by atoms with van der Waals surface area (Å²) in [5.74, 6) is -1.07. The lowest BCUT2D eigenvalue weighted by molar-refractivity contribution is -0.274. The third-order valence-electron chi connectivity index (χ3n) is 3.73. The van der Waals surface area contributed by atoms with Gasteiger partial charge in [0.05, 0.1) is 17.7 Å². The zero-order valence-corrected chi connectivity index (χ0v) is 12.0. The van der Waals surface area contributed by atoms with E-state index in [4.69, 9.17) is 0 Å². The minimum absolute atomic E-state index is 0.00485. The molecule has 1 aliphatic rings. The number of ether oxygens (including phenoxy) is 1. The van der Waals surface area contributed by atoms with Crippen molar-refractivity contribution in [3.8, 4) is 5.75 Å². The second-order valence-electron chi connectivity index (χ2n) is 5.30. The highest BCUT2D eigenvalue weighted by atomic mass is 19.4. The van der Waals surface area contributed by atoms with E-state index in [1.807, 2.05) is 0 Å². The molecular formula is C15H14F3N3O2. The number of carbonyl (C=O) groups is 1. The molecule has 3 rings (SSSR count). The molecule has 2 N–H and O–H groups in total. The molecule has 1 atom stereocenters. The fourth-order valence-corrected chi connectivity index (χ4v) is 2.64. The van der Waals surface area contributed by atoms with Gasteiger partial charge in [0.1, 0.15) is 0 Å². The minimum Gasteiger partial charge on any atom is -0.404 e. The number of nitrogens with one attached hydrogen (secondary N) is 2. The average molecular weight is 325 g/mol. The number of imidazole rings is 1. The van der Waals surface area contributed by atoms with Crippen LogP contribution in [0.25, 0.3) is 0 Å². The summed E-state index contributed by atoms with van der Waals surface area (Å²) in [6.07, 6.45) is -1.47. The van der Waals surface area contributed by atoms with Gasteiger partial charge in [-0.2, -0.15) is 0 Å². The van der Waals surface area contributed by atoms with Gasteiger partial charge in [0.25, 0.3) is 0 Å². The van der Waals surface area contributed by atoms with E-state index >= 15 is 0 Å². The van der Waals surface area contributed by atoms with Gasteiger partial charge in [-0.3, -0.25) is 4.79 Å². The molecule has 0 saturated carbocycles. The molecule has 0 spiro atoms. The summed E-state index contributed by atoms with van der Waals surface area (Å²) in [5, 5.41) is 2.53. The maximum atomic E-state index is 12.4. The fourth-order valence-electron chi connectivity index (χ4n) is 2.64. The Bertz CT molecular complexity index is 712. The highest BCUT2D eigenvalue weighted by Gasteiger charge is 2.33. The van der Waals surface area contributed by atoms with Crippen LogP contribution in [0.3, 0.4) is 0 Å². The summed E-state index contributed by atoms with van der Waals surface area (Å²) in [6.45, 7) is 0. The van der Waals surface area contributed by atoms with Gasteiger partial charge in [0.15, 0.2) is 5.75 Å². The van der Waals surface area contributed by atoms with Crippen molar-refractivity contribution in [1.29, 1.82) is 0 Å². The molecule has 1 amide bonds. The summed E-state index contributed by atoms with van der Waals surface area (Å²) < 4.78 is 41.1. The second-order valence-corrected chi connectivity index (χ2v) is 5.30. The highest BCUT2D eigenvalue weighted by molar-refractivity contribution is 5.94. The van der Waals surface area contributed by atoms with E-state index in [0.717, 1.165) is 17.5 Å². The lowest BCUT2D eigenvalue weighted by Gasteiger charge is -2.21. The number of carbonyl (C=O) groups excluding carboxylic acids is 1. The van der Waals surface area contributed by atoms with Crippen molar-refractivity contribution in [2.75, 3.05) is 5.32 Å². The van der Waals surface area contributed by atoms with E-state index in [0.29, 0.717) is 19.3 Å². The molecule has 0 radical (unpaired) electrons. The smallest absolute Gasteiger partial charge is 0.404 e. The maximum absolute atomic E-state index is 12.4. The van der Waals surface area contributed by atoms with Gasteiger partial charge in [-0.1, -0.05) is 12.1 Å². The number of fused-ring (bicyclic) bond motifs is 1. The van der Waals surface area contributed by atoms with Crippen molar-refractivity contribution in [3.05, 3.63) is 42.0 Å². The molecular weight excluding hydrogens is 311 g/mol. The number of rotatable bonds is 3. The standard InChI is InChI=1S/C15H14F3N3O2/c16-15(17,18)23-13-4-2-1-3-11(13)21-14(22)9-5-6-10-12(7-9)20-8-19-10/h1-4,8-9H,5-7H2,(H,19,20)(H,21,22). The Morgan fingerprint density at radius 3 is 2.91 bits per heavy atom. The van der Waals surface area contributed by atoms with Gasteiger partial charge in [-0.25, -0.2) is 4.98 Å². The number of hydrogen-bond acceptors (Lipinski definition) is 3. The number of anilines is 1. The van der Waals surface area contributed by atoms with Gasteiger partial charge in [-0.15, -0.1) is 13.2 Å². The van der Waals surface area contributed by atoms with Crippen LogP contribution in [0.1, 0.15) is 17.8 Å². The number of para-hydroxylation sites is 2. The summed E-state index contributed by atoms with van der Waals surface area (Å²) in [7, 11) is 0. The van der Waals surface area contributed by atoms with Crippen LogP contribution in [-0.4, -0.2) is 22.2 Å². The van der Waals surface area contributed by atoms with Crippen LogP contribution in [0.2, 0.25) is 0 Å². The Morgan fingerprint density at radius 2 is 2.13 bits per heavy atom. The number of nitrogens with zero attached hydrogens (tertiary/aromatic N) is 1. The number of amides is 1. The molecule has 0 saturated heterocycles. The topological polar surface area (TPSA) is 67.0 Å². The average Bonchev–Trinajstić information content (AvgIpc) is 2.95. The first-order valence-electron chi connectivity index (χ1n) is 7.09. The molecule has 1 aliphatic carbocycles. The summed E-state index contributed by atoms with van der Waals surface area (Å²) in [4.78, 5) is 19.5. The molecule has 5 nitrogen and oxygen atoms in total. The first-order chi connectivity index (χ1) is 10.9. The fraction of sp³-hybridized carbons (Fsp3) is 0.333. The van der Waals surface area contributed by atoms with E-state index in [1.54, 1.807) is 6.33 Å². The van der Waals surface area contributed by atoms with Crippen LogP contribution in [0, 0.1) is 5.92 Å². The maximum Gasteiger partial charge on any atom is 0.573 e. The van der Waals surface area contributed by atoms with Crippen LogP contribution in [0.5, 0.6) is 5.75 Å². The third kappa shape index (κ3) is 3.64. The third-order valence-corrected chi connectivity index (χ3v) is 3.73. The Hall–Kier alpha value is -2.51. The molecule has 1 unspecified atom stereocenters. The Labute approximate surface area is 129 Å². The Balaban J connectivity index is 1.71. The van der Waals surface area contributed by atoms with Gasteiger partial charge < -0.3 is 15.0 Å². The minimum atomic E-state index is -4.81. The zero-order chi connectivity index (χ0) is 16.4. The first-order valence-corrected chi connectivity index (χ1v) is 7.09. The number of alkyl halides is 3. The van der Waals surface area contributed by atoms with Crippen LogP contribution >= 0.6 is 0 Å². The number of H-pyrrole nitrogens is 1. The SMILES string of the molecule is O=C(Nc1ccccc1OC(F)(F)F)C1CCc2nc[nH]c2C1. The molecule has 0 bridgehead atoms. The molecule has 23 heavy (non-hydrogen) atoms. The molecule has 2 aromatic rings. The van der Waals surface area contributed by atoms with Gasteiger partial charge in [-0.05, 0) is 25.0 Å². The van der Waals surface area contributed by atoms with Crippen molar-refractivity contribution in [2.45, 2.75) is 25.6 Å². The van der Waals surface area contributed by atoms with Gasteiger partial charge in [0, 0.05) is 18.0 Å². The van der Waals surface area contributed by atoms with Crippen molar-refractivity contribution in [3.63, 3.8) is 0 Å². The molecule has 1 aromatic heterocycles. The molecule has 0 fully saturated rings. The van der Waals surface area contributed by atoms with Crippen molar-refractivity contribution in [2.24, 2.45) is 5.92 Å². The zero-order valence-electron chi connectivity index (χ0n) is 12.0. The second kappa shape index (κ2) is 5.94. The van der Waals surface area contributed by atoms with Gasteiger partial charge >= 0.3 is 6.36 Å². The number of aromatic nitrogens is 2. The van der Waals surface area contributed by atoms with Crippen LogP contribution in [0.15, 0.2) is 30.6 Å². The van der Waals surface area contributed by atoms with Crippen LogP contribution in [0.4, 0.5) is 18.9 Å². The predicted octanol–water partition coefficient (Wildman–Crippen LogP) is 3.05. The largest absolute Gasteiger partial charge is 0.573 e. The Kier molecular flexibility index (Phi) is 3.97. The number of benzene rings is 1. The predicted molar refractivity (Wildman–Crippen MR) is 75.9 cm³/mol. The summed E-state index contributed by atoms with van der Waals surface area (Å²) in [5.41, 5.74) is 1.84. The van der Waals surface area contributed by atoms with Crippen molar-refractivity contribution < 1.29 is 22.7 Å². The molecule has 1 aromatic carbocycles. The van der Waals surface area contributed by atoms with Crippen molar-refractivity contribution >= 4 is 11.6 Å². The molecule has 8 heteroatoms. The van der Waals surface area contributed by atoms with E-state index in [1.165, 1.54) is 18.2 Å². The van der Waals surface area contributed by atoms with Crippen molar-refractivity contribution in [1.82, 2.24) is 9.97 Å². The van der Waals surface area contributed by atoms with E-state index < -0.39 is 12.1 Å². The number of aromatic amines is 1.